The minimum Gasteiger partial charge on any atom is -0.312 e. The van der Waals surface area contributed by atoms with Gasteiger partial charge in [0.1, 0.15) is 4.21 Å². The third-order valence-electron chi connectivity index (χ3n) is 3.93. The van der Waals surface area contributed by atoms with Gasteiger partial charge in [0.2, 0.25) is 10.0 Å². The molecule has 1 saturated carbocycles. The molecule has 1 atom stereocenters. The van der Waals surface area contributed by atoms with Crippen LogP contribution in [0.15, 0.2) is 10.3 Å². The van der Waals surface area contributed by atoms with E-state index in [-0.39, 0.29) is 6.04 Å². The fraction of sp³-hybridized carbons (Fsp3) is 0.733. The van der Waals surface area contributed by atoms with Gasteiger partial charge in [-0.15, -0.1) is 11.3 Å². The summed E-state index contributed by atoms with van der Waals surface area (Å²) in [5, 5.41) is 3.25. The predicted octanol–water partition coefficient (Wildman–Crippen LogP) is 3.02. The van der Waals surface area contributed by atoms with Crippen LogP contribution < -0.4 is 10.0 Å². The van der Waals surface area contributed by atoms with E-state index in [1.165, 1.54) is 24.2 Å². The van der Waals surface area contributed by atoms with Crippen LogP contribution in [0.4, 0.5) is 0 Å². The molecule has 1 aliphatic carbocycles. The van der Waals surface area contributed by atoms with Crippen molar-refractivity contribution in [3.05, 3.63) is 16.5 Å². The molecule has 0 aromatic carbocycles. The van der Waals surface area contributed by atoms with Gasteiger partial charge in [-0.25, -0.2) is 13.1 Å². The second kappa shape index (κ2) is 7.22. The van der Waals surface area contributed by atoms with Crippen molar-refractivity contribution in [3.8, 4) is 0 Å². The van der Waals surface area contributed by atoms with E-state index in [2.05, 4.69) is 10.0 Å². The Morgan fingerprint density at radius 3 is 2.67 bits per heavy atom. The minimum atomic E-state index is -3.38. The molecule has 2 N–H and O–H groups in total. The zero-order valence-electron chi connectivity index (χ0n) is 13.1. The van der Waals surface area contributed by atoms with Crippen molar-refractivity contribution in [2.24, 2.45) is 5.92 Å². The van der Waals surface area contributed by atoms with Gasteiger partial charge >= 0.3 is 0 Å². The van der Waals surface area contributed by atoms with Crippen LogP contribution in [0.5, 0.6) is 0 Å². The van der Waals surface area contributed by atoms with Crippen LogP contribution in [-0.4, -0.2) is 21.0 Å². The van der Waals surface area contributed by atoms with Gasteiger partial charge < -0.3 is 5.32 Å². The molecular formula is C15H26N2O2S2. The molecule has 1 aliphatic rings. The summed E-state index contributed by atoms with van der Waals surface area (Å²) in [5.74, 6) is 0.729. The molecule has 1 aromatic rings. The molecule has 21 heavy (non-hydrogen) atoms. The van der Waals surface area contributed by atoms with Crippen molar-refractivity contribution in [1.29, 1.82) is 0 Å². The van der Waals surface area contributed by atoms with Gasteiger partial charge in [-0.1, -0.05) is 26.7 Å². The molecular weight excluding hydrogens is 304 g/mol. The van der Waals surface area contributed by atoms with Crippen molar-refractivity contribution >= 4 is 21.4 Å². The first kappa shape index (κ1) is 16.9. The number of aryl methyl sites for hydroxylation is 1. The molecule has 1 heterocycles. The monoisotopic (exact) mass is 330 g/mol. The van der Waals surface area contributed by atoms with Crippen molar-refractivity contribution < 1.29 is 8.42 Å². The smallest absolute Gasteiger partial charge is 0.250 e. The molecule has 0 bridgehead atoms. The highest BCUT2D eigenvalue weighted by Gasteiger charge is 2.28. The number of hydrogen-bond donors (Lipinski definition) is 2. The van der Waals surface area contributed by atoms with E-state index >= 15 is 0 Å². The van der Waals surface area contributed by atoms with E-state index in [1.54, 1.807) is 6.07 Å². The largest absolute Gasteiger partial charge is 0.312 e. The van der Waals surface area contributed by atoms with Crippen LogP contribution in [0, 0.1) is 12.8 Å². The highest BCUT2D eigenvalue weighted by atomic mass is 32.2. The molecule has 0 saturated heterocycles. The Morgan fingerprint density at radius 1 is 1.38 bits per heavy atom. The Labute approximate surface area is 132 Å². The quantitative estimate of drug-likeness (QED) is 0.732. The van der Waals surface area contributed by atoms with Crippen LogP contribution in [0.1, 0.15) is 50.0 Å². The minimum absolute atomic E-state index is 0.0714. The lowest BCUT2D eigenvalue weighted by molar-refractivity contribution is 0.496. The molecule has 2 rings (SSSR count). The second-order valence-electron chi connectivity index (χ2n) is 5.86. The molecule has 1 aromatic heterocycles. The highest BCUT2D eigenvalue weighted by molar-refractivity contribution is 7.91. The maximum Gasteiger partial charge on any atom is 0.250 e. The van der Waals surface area contributed by atoms with Crippen LogP contribution in [-0.2, 0) is 16.6 Å². The summed E-state index contributed by atoms with van der Waals surface area (Å²) < 4.78 is 28.4. The van der Waals surface area contributed by atoms with Crippen LogP contribution in [0.2, 0.25) is 0 Å². The normalized spacial score (nSPS) is 17.1. The molecule has 1 unspecified atom stereocenters. The third kappa shape index (κ3) is 4.77. The Bertz CT molecular complexity index is 562. The van der Waals surface area contributed by atoms with E-state index in [0.717, 1.165) is 42.3 Å². The average Bonchev–Trinajstić information content (AvgIpc) is 3.17. The van der Waals surface area contributed by atoms with Gasteiger partial charge in [-0.2, -0.15) is 0 Å². The Hall–Kier alpha value is -0.430. The Morgan fingerprint density at radius 2 is 2.10 bits per heavy atom. The van der Waals surface area contributed by atoms with E-state index < -0.39 is 10.0 Å². The topological polar surface area (TPSA) is 58.2 Å². The molecule has 1 fully saturated rings. The van der Waals surface area contributed by atoms with Crippen molar-refractivity contribution in [2.45, 2.75) is 63.3 Å². The standard InChI is InChI=1S/C15H26N2O2S2/c1-4-13(9-12-6-7-12)17-21(18,19)15-8-11(3)14(20-15)10-16-5-2/h8,12-13,16-17H,4-7,9-10H2,1-3H3. The van der Waals surface area contributed by atoms with Gasteiger partial charge in [0, 0.05) is 17.5 Å². The van der Waals surface area contributed by atoms with Crippen molar-refractivity contribution in [1.82, 2.24) is 10.0 Å². The van der Waals surface area contributed by atoms with E-state index in [1.807, 2.05) is 20.8 Å². The van der Waals surface area contributed by atoms with Gasteiger partial charge in [-0.3, -0.25) is 0 Å². The summed E-state index contributed by atoms with van der Waals surface area (Å²) in [6, 6.07) is 1.87. The number of thiophene rings is 1. The maximum atomic E-state index is 12.5. The molecule has 0 aliphatic heterocycles. The predicted molar refractivity (Wildman–Crippen MR) is 88.2 cm³/mol. The molecule has 120 valence electrons. The Balaban J connectivity index is 2.06. The SMILES string of the molecule is CCNCc1sc(S(=O)(=O)NC(CC)CC2CC2)cc1C. The van der Waals surface area contributed by atoms with Crippen LogP contribution in [0.25, 0.3) is 0 Å². The van der Waals surface area contributed by atoms with Crippen molar-refractivity contribution in [2.75, 3.05) is 6.54 Å². The summed E-state index contributed by atoms with van der Waals surface area (Å²) in [6.07, 6.45) is 4.33. The lowest BCUT2D eigenvalue weighted by Crippen LogP contribution is -2.34. The molecule has 0 spiro atoms. The lowest BCUT2D eigenvalue weighted by Gasteiger charge is -2.15. The van der Waals surface area contributed by atoms with Gasteiger partial charge in [-0.05, 0) is 43.9 Å². The fourth-order valence-corrected chi connectivity index (χ4v) is 5.27. The summed E-state index contributed by atoms with van der Waals surface area (Å²) in [5.41, 5.74) is 1.05. The first-order valence-electron chi connectivity index (χ1n) is 7.78. The second-order valence-corrected chi connectivity index (χ2v) is 8.94. The van der Waals surface area contributed by atoms with Gasteiger partial charge in [0.25, 0.3) is 0 Å². The number of sulfonamides is 1. The van der Waals surface area contributed by atoms with Crippen LogP contribution in [0.3, 0.4) is 0 Å². The summed E-state index contributed by atoms with van der Waals surface area (Å²) >= 11 is 1.38. The number of hydrogen-bond acceptors (Lipinski definition) is 4. The van der Waals surface area contributed by atoms with E-state index in [9.17, 15) is 8.42 Å². The highest BCUT2D eigenvalue weighted by Crippen LogP contribution is 2.34. The molecule has 0 radical (unpaired) electrons. The Kier molecular flexibility index (Phi) is 5.82. The molecule has 4 nitrogen and oxygen atoms in total. The van der Waals surface area contributed by atoms with E-state index in [4.69, 9.17) is 0 Å². The molecule has 6 heteroatoms. The third-order valence-corrected chi connectivity index (χ3v) is 7.16. The summed E-state index contributed by atoms with van der Waals surface area (Å²) in [6.45, 7) is 7.69. The zero-order valence-corrected chi connectivity index (χ0v) is 14.7. The first-order chi connectivity index (χ1) is 9.96. The first-order valence-corrected chi connectivity index (χ1v) is 10.1. The summed E-state index contributed by atoms with van der Waals surface area (Å²) in [7, 11) is -3.38. The number of rotatable bonds is 9. The zero-order chi connectivity index (χ0) is 15.5. The van der Waals surface area contributed by atoms with Gasteiger partial charge in [0.05, 0.1) is 0 Å². The van der Waals surface area contributed by atoms with Crippen molar-refractivity contribution in [3.63, 3.8) is 0 Å². The molecule has 0 amide bonds. The van der Waals surface area contributed by atoms with Crippen LogP contribution >= 0.6 is 11.3 Å². The van der Waals surface area contributed by atoms with E-state index in [0.29, 0.717) is 4.21 Å². The summed E-state index contributed by atoms with van der Waals surface area (Å²) in [4.78, 5) is 1.10. The number of nitrogens with one attached hydrogen (secondary N) is 2. The van der Waals surface area contributed by atoms with Gasteiger partial charge in [0.15, 0.2) is 0 Å². The lowest BCUT2D eigenvalue weighted by atomic mass is 10.1. The average molecular weight is 331 g/mol. The maximum absolute atomic E-state index is 12.5. The fourth-order valence-electron chi connectivity index (χ4n) is 2.37.